The van der Waals surface area contributed by atoms with Crippen LogP contribution in [0.5, 0.6) is 0 Å². The van der Waals surface area contributed by atoms with E-state index in [9.17, 15) is 0 Å². The maximum atomic E-state index is 4.29. The van der Waals surface area contributed by atoms with Crippen LogP contribution in [0.2, 0.25) is 0 Å². The lowest BCUT2D eigenvalue weighted by Gasteiger charge is -2.10. The Bertz CT molecular complexity index is 2100. The Balaban J connectivity index is 1.57. The normalized spacial score (nSPS) is 11.9. The van der Waals surface area contributed by atoms with Crippen LogP contribution in [-0.2, 0) is 0 Å². The summed E-state index contributed by atoms with van der Waals surface area (Å²) in [6, 6.07) is 41.5. The Morgan fingerprint density at radius 3 is 1.75 bits per heavy atom. The van der Waals surface area contributed by atoms with Crippen molar-refractivity contribution >= 4 is 54.4 Å². The van der Waals surface area contributed by atoms with Crippen molar-refractivity contribution in [2.45, 2.75) is 0 Å². The Kier molecular flexibility index (Phi) is 3.94. The summed E-state index contributed by atoms with van der Waals surface area (Å²) in [6.45, 7) is 0. The maximum Gasteiger partial charge on any atom is 0.0548 e. The van der Waals surface area contributed by atoms with E-state index in [1.165, 1.54) is 54.7 Å². The summed E-state index contributed by atoms with van der Waals surface area (Å²) in [5, 5.41) is 7.47. The zero-order valence-corrected chi connectivity index (χ0v) is 19.5. The van der Waals surface area contributed by atoms with Gasteiger partial charge in [-0.1, -0.05) is 60.7 Å². The molecule has 8 rings (SSSR count). The van der Waals surface area contributed by atoms with E-state index < -0.39 is 0 Å². The van der Waals surface area contributed by atoms with Gasteiger partial charge in [-0.2, -0.15) is 0 Å². The fourth-order valence-electron chi connectivity index (χ4n) is 5.86. The molecule has 36 heavy (non-hydrogen) atoms. The van der Waals surface area contributed by atoms with Crippen molar-refractivity contribution in [3.8, 4) is 11.4 Å². The third kappa shape index (κ3) is 2.60. The largest absolute Gasteiger partial charge is 0.309 e. The van der Waals surface area contributed by atoms with Gasteiger partial charge in [0, 0.05) is 50.7 Å². The van der Waals surface area contributed by atoms with Crippen LogP contribution < -0.4 is 0 Å². The zero-order valence-electron chi connectivity index (χ0n) is 19.5. The van der Waals surface area contributed by atoms with Gasteiger partial charge in [0.25, 0.3) is 0 Å². The summed E-state index contributed by atoms with van der Waals surface area (Å²) in [5.74, 6) is 0. The van der Waals surface area contributed by atoms with E-state index in [0.717, 1.165) is 11.1 Å². The van der Waals surface area contributed by atoms with E-state index in [2.05, 4.69) is 129 Å². The molecule has 0 radical (unpaired) electrons. The van der Waals surface area contributed by atoms with Gasteiger partial charge in [0.2, 0.25) is 0 Å². The predicted octanol–water partition coefficient (Wildman–Crippen LogP) is 8.43. The maximum absolute atomic E-state index is 4.29. The number of hydrogen-bond acceptors (Lipinski definition) is 1. The summed E-state index contributed by atoms with van der Waals surface area (Å²) in [5.41, 5.74) is 7.21. The summed E-state index contributed by atoms with van der Waals surface area (Å²) >= 11 is 0. The number of aromatic nitrogens is 3. The van der Waals surface area contributed by atoms with Crippen molar-refractivity contribution in [2.24, 2.45) is 0 Å². The van der Waals surface area contributed by atoms with Crippen molar-refractivity contribution in [1.29, 1.82) is 0 Å². The molecule has 0 aliphatic carbocycles. The van der Waals surface area contributed by atoms with E-state index in [-0.39, 0.29) is 0 Å². The van der Waals surface area contributed by atoms with E-state index in [1.807, 2.05) is 12.4 Å². The fraction of sp³-hybridized carbons (Fsp3) is 0. The molecule has 0 saturated heterocycles. The molecule has 0 spiro atoms. The first-order valence-corrected chi connectivity index (χ1v) is 12.2. The third-order valence-electron chi connectivity index (χ3n) is 7.37. The average Bonchev–Trinajstić information content (AvgIpc) is 3.46. The van der Waals surface area contributed by atoms with Gasteiger partial charge in [0.15, 0.2) is 0 Å². The minimum Gasteiger partial charge on any atom is -0.309 e. The Morgan fingerprint density at radius 2 is 1.06 bits per heavy atom. The third-order valence-corrected chi connectivity index (χ3v) is 7.37. The minimum absolute atomic E-state index is 1.15. The number of benzene rings is 5. The molecule has 0 amide bonds. The second kappa shape index (κ2) is 7.30. The molecule has 0 aliphatic rings. The molecule has 0 bridgehead atoms. The molecule has 3 heteroatoms. The van der Waals surface area contributed by atoms with Crippen LogP contribution in [0.25, 0.3) is 65.8 Å². The second-order valence-corrected chi connectivity index (χ2v) is 9.30. The Morgan fingerprint density at radius 1 is 0.444 bits per heavy atom. The summed E-state index contributed by atoms with van der Waals surface area (Å²) < 4.78 is 4.79. The van der Waals surface area contributed by atoms with Crippen LogP contribution in [0.3, 0.4) is 0 Å². The highest BCUT2D eigenvalue weighted by molar-refractivity contribution is 6.28. The molecule has 3 nitrogen and oxygen atoms in total. The monoisotopic (exact) mass is 459 g/mol. The van der Waals surface area contributed by atoms with Crippen LogP contribution in [0.15, 0.2) is 128 Å². The smallest absolute Gasteiger partial charge is 0.0548 e. The molecular formula is C33H21N3. The summed E-state index contributed by atoms with van der Waals surface area (Å²) in [4.78, 5) is 4.29. The van der Waals surface area contributed by atoms with Gasteiger partial charge in [-0.05, 0) is 60.0 Å². The molecular weight excluding hydrogens is 438 g/mol. The number of para-hydroxylation sites is 3. The van der Waals surface area contributed by atoms with Crippen LogP contribution in [0, 0.1) is 0 Å². The topological polar surface area (TPSA) is 22.8 Å². The molecule has 3 heterocycles. The van der Waals surface area contributed by atoms with Gasteiger partial charge in [0.1, 0.15) is 0 Å². The predicted molar refractivity (Wildman–Crippen MR) is 150 cm³/mol. The molecule has 0 saturated carbocycles. The number of fused-ring (bicyclic) bond motifs is 8. The molecule has 0 fully saturated rings. The van der Waals surface area contributed by atoms with Crippen LogP contribution in [0.4, 0.5) is 0 Å². The molecule has 0 aliphatic heterocycles. The number of rotatable bonds is 2. The standard InChI is InChI=1S/C33H21N3/c1-2-8-24(9-3-1)35-28-12-6-4-10-26(28)32-30(35)16-17-31-33(32)27-11-5-7-13-29(27)36(31)25-15-14-23-21-34-19-18-22(23)20-25/h1-21H. The van der Waals surface area contributed by atoms with Gasteiger partial charge < -0.3 is 9.13 Å². The van der Waals surface area contributed by atoms with Gasteiger partial charge in [-0.25, -0.2) is 0 Å². The molecule has 0 atom stereocenters. The van der Waals surface area contributed by atoms with Gasteiger partial charge in [-0.3, -0.25) is 4.98 Å². The number of pyridine rings is 1. The summed E-state index contributed by atoms with van der Waals surface area (Å²) in [7, 11) is 0. The van der Waals surface area contributed by atoms with E-state index >= 15 is 0 Å². The van der Waals surface area contributed by atoms with E-state index in [1.54, 1.807) is 0 Å². The first kappa shape index (κ1) is 19.4. The zero-order chi connectivity index (χ0) is 23.6. The van der Waals surface area contributed by atoms with Crippen molar-refractivity contribution in [2.75, 3.05) is 0 Å². The average molecular weight is 460 g/mol. The van der Waals surface area contributed by atoms with E-state index in [0.29, 0.717) is 0 Å². The van der Waals surface area contributed by atoms with Crippen molar-refractivity contribution in [1.82, 2.24) is 14.1 Å². The van der Waals surface area contributed by atoms with Gasteiger partial charge in [-0.15, -0.1) is 0 Å². The highest BCUT2D eigenvalue weighted by Gasteiger charge is 2.20. The first-order chi connectivity index (χ1) is 17.9. The van der Waals surface area contributed by atoms with Crippen LogP contribution in [-0.4, -0.2) is 14.1 Å². The van der Waals surface area contributed by atoms with Gasteiger partial charge >= 0.3 is 0 Å². The summed E-state index contributed by atoms with van der Waals surface area (Å²) in [6.07, 6.45) is 3.78. The number of hydrogen-bond donors (Lipinski definition) is 0. The molecule has 0 unspecified atom stereocenters. The Labute approximate surface area is 207 Å². The second-order valence-electron chi connectivity index (χ2n) is 9.30. The van der Waals surface area contributed by atoms with Crippen molar-refractivity contribution in [3.63, 3.8) is 0 Å². The van der Waals surface area contributed by atoms with E-state index in [4.69, 9.17) is 0 Å². The van der Waals surface area contributed by atoms with Crippen molar-refractivity contribution in [3.05, 3.63) is 128 Å². The first-order valence-electron chi connectivity index (χ1n) is 12.2. The van der Waals surface area contributed by atoms with Gasteiger partial charge in [0.05, 0.1) is 22.1 Å². The lowest BCUT2D eigenvalue weighted by Crippen LogP contribution is -1.95. The van der Waals surface area contributed by atoms with Crippen LogP contribution in [0.1, 0.15) is 0 Å². The lowest BCUT2D eigenvalue weighted by molar-refractivity contribution is 1.17. The minimum atomic E-state index is 1.15. The highest BCUT2D eigenvalue weighted by atomic mass is 15.0. The van der Waals surface area contributed by atoms with Crippen molar-refractivity contribution < 1.29 is 0 Å². The molecule has 5 aromatic carbocycles. The SMILES string of the molecule is c1ccc(-n2c3ccccc3c3c4c5ccccc5n(-c5ccc6cnccc6c5)c4ccc32)cc1. The lowest BCUT2D eigenvalue weighted by atomic mass is 10.1. The highest BCUT2D eigenvalue weighted by Crippen LogP contribution is 2.42. The fourth-order valence-corrected chi connectivity index (χ4v) is 5.86. The quantitative estimate of drug-likeness (QED) is 0.254. The number of nitrogens with zero attached hydrogens (tertiary/aromatic N) is 3. The molecule has 0 N–H and O–H groups in total. The molecule has 168 valence electrons. The van der Waals surface area contributed by atoms with Crippen LogP contribution >= 0.6 is 0 Å². The molecule has 8 aromatic rings. The molecule has 3 aromatic heterocycles. The Hall–Kier alpha value is -4.89.